The van der Waals surface area contributed by atoms with Crippen LogP contribution in [0.25, 0.3) is 5.69 Å². The van der Waals surface area contributed by atoms with E-state index in [0.29, 0.717) is 16.8 Å². The molecule has 0 amide bonds. The highest BCUT2D eigenvalue weighted by atomic mass is 35.5. The Bertz CT molecular complexity index is 935. The molecule has 1 aromatic carbocycles. The minimum Gasteiger partial charge on any atom is -0.383 e. The number of anilines is 1. The van der Waals surface area contributed by atoms with Gasteiger partial charge in [-0.3, -0.25) is 4.79 Å². The smallest absolute Gasteiger partial charge is 0.383 e. The summed E-state index contributed by atoms with van der Waals surface area (Å²) < 4.78 is 88.8. The van der Waals surface area contributed by atoms with E-state index in [4.69, 9.17) is 28.9 Å². The lowest BCUT2D eigenvalue weighted by Crippen LogP contribution is -2.18. The summed E-state index contributed by atoms with van der Waals surface area (Å²) in [5, 5.41) is 0.788. The van der Waals surface area contributed by atoms with E-state index in [2.05, 4.69) is 17.7 Å². The Morgan fingerprint density at radius 3 is 2.00 bits per heavy atom. The zero-order valence-electron chi connectivity index (χ0n) is 12.3. The van der Waals surface area contributed by atoms with Gasteiger partial charge in [0.15, 0.2) is 16.5 Å². The first-order valence-corrected chi connectivity index (χ1v) is 8.68. The molecule has 1 heterocycles. The van der Waals surface area contributed by atoms with Crippen LogP contribution in [0.1, 0.15) is 16.1 Å². The first-order valence-electron chi connectivity index (χ1n) is 6.33. The molecule has 2 rings (SSSR count). The molecule has 0 saturated carbocycles. The number of hydrogen-bond acceptors (Lipinski definition) is 4. The minimum absolute atomic E-state index is 0.396. The third kappa shape index (κ3) is 4.20. The van der Waals surface area contributed by atoms with Gasteiger partial charge in [0.05, 0.1) is 15.6 Å². The number of benzene rings is 1. The second-order valence-corrected chi connectivity index (χ2v) is 7.41. The van der Waals surface area contributed by atoms with Gasteiger partial charge in [0.25, 0.3) is 0 Å². The molecule has 0 fully saturated rings. The summed E-state index contributed by atoms with van der Waals surface area (Å²) in [6, 6.07) is 0.874. The van der Waals surface area contributed by atoms with Crippen molar-refractivity contribution in [3.63, 3.8) is 0 Å². The molecule has 0 spiro atoms. The van der Waals surface area contributed by atoms with Gasteiger partial charge in [-0.15, -0.1) is 0 Å². The van der Waals surface area contributed by atoms with Crippen molar-refractivity contribution >= 4 is 57.6 Å². The number of alkyl halides is 6. The molecule has 1 aromatic heterocycles. The Balaban J connectivity index is 2.79. The Labute approximate surface area is 164 Å². The molecule has 2 aromatic rings. The van der Waals surface area contributed by atoms with Crippen LogP contribution in [0.2, 0.25) is 10.0 Å². The monoisotopic (exact) mass is 471 g/mol. The Morgan fingerprint density at radius 1 is 1.15 bits per heavy atom. The third-order valence-corrected chi connectivity index (χ3v) is 5.01. The van der Waals surface area contributed by atoms with Gasteiger partial charge < -0.3 is 5.73 Å². The van der Waals surface area contributed by atoms with Gasteiger partial charge in [0.1, 0.15) is 16.4 Å². The molecule has 0 aliphatic carbocycles. The van der Waals surface area contributed by atoms with E-state index < -0.39 is 65.3 Å². The number of hydrogen-bond donors (Lipinski definition) is 2. The fraction of sp³-hybridized carbons (Fsp3) is 0.167. The maximum absolute atomic E-state index is 12.8. The second-order valence-electron chi connectivity index (χ2n) is 4.78. The number of thiol groups is 1. The Morgan fingerprint density at radius 2 is 1.63 bits per heavy atom. The van der Waals surface area contributed by atoms with Crippen molar-refractivity contribution < 1.29 is 35.3 Å². The fourth-order valence-corrected chi connectivity index (χ4v) is 3.65. The van der Waals surface area contributed by atoms with Crippen LogP contribution in [0.4, 0.5) is 32.2 Å². The Kier molecular flexibility index (Phi) is 5.82. The lowest BCUT2D eigenvalue weighted by atomic mass is 10.2. The van der Waals surface area contributed by atoms with Crippen molar-refractivity contribution in [1.82, 2.24) is 9.78 Å². The van der Waals surface area contributed by atoms with Crippen LogP contribution in [0.3, 0.4) is 0 Å². The summed E-state index contributed by atoms with van der Waals surface area (Å²) in [6.45, 7) is 0. The van der Waals surface area contributed by atoms with Gasteiger partial charge in [0.2, 0.25) is 5.12 Å². The van der Waals surface area contributed by atoms with Crippen LogP contribution in [0, 0.1) is 0 Å². The number of nitrogen functional groups attached to an aromatic ring is 1. The SMILES string of the molecule is Nc1c(S(=O)C(F)(F)F)c(C(=O)S)nn1-c1c(Cl)cc(C(F)(F)F)cc1Cl. The molecule has 0 saturated heterocycles. The van der Waals surface area contributed by atoms with Crippen LogP contribution < -0.4 is 5.73 Å². The molecule has 0 bridgehead atoms. The lowest BCUT2D eigenvalue weighted by molar-refractivity contribution is -0.137. The van der Waals surface area contributed by atoms with E-state index in [1.54, 1.807) is 0 Å². The molecule has 27 heavy (non-hydrogen) atoms. The summed E-state index contributed by atoms with van der Waals surface area (Å²) in [4.78, 5) is 10.3. The van der Waals surface area contributed by atoms with E-state index >= 15 is 0 Å². The van der Waals surface area contributed by atoms with Gasteiger partial charge in [-0.1, -0.05) is 35.8 Å². The van der Waals surface area contributed by atoms with Gasteiger partial charge in [-0.25, -0.2) is 8.89 Å². The van der Waals surface area contributed by atoms with Crippen molar-refractivity contribution in [2.45, 2.75) is 16.6 Å². The van der Waals surface area contributed by atoms with Crippen molar-refractivity contribution in [3.8, 4) is 5.69 Å². The van der Waals surface area contributed by atoms with Crippen LogP contribution in [0.15, 0.2) is 17.0 Å². The number of rotatable bonds is 3. The van der Waals surface area contributed by atoms with E-state index in [9.17, 15) is 35.3 Å². The van der Waals surface area contributed by atoms with E-state index in [-0.39, 0.29) is 0 Å². The molecule has 148 valence electrons. The number of carbonyl (C=O) groups excluding carboxylic acids is 1. The van der Waals surface area contributed by atoms with E-state index in [1.165, 1.54) is 0 Å². The number of aromatic nitrogens is 2. The molecule has 0 radical (unpaired) electrons. The average molecular weight is 472 g/mol. The topological polar surface area (TPSA) is 78.0 Å². The first kappa shape index (κ1) is 21.9. The van der Waals surface area contributed by atoms with Crippen molar-refractivity contribution in [2.24, 2.45) is 0 Å². The average Bonchev–Trinajstić information content (AvgIpc) is 2.81. The maximum Gasteiger partial charge on any atom is 0.476 e. The molecular weight excluding hydrogens is 467 g/mol. The predicted molar refractivity (Wildman–Crippen MR) is 88.8 cm³/mol. The summed E-state index contributed by atoms with van der Waals surface area (Å²) in [5.41, 5.74) is -2.57. The maximum atomic E-state index is 12.8. The highest BCUT2D eigenvalue weighted by Crippen LogP contribution is 2.40. The third-order valence-electron chi connectivity index (χ3n) is 3.03. The van der Waals surface area contributed by atoms with Gasteiger partial charge in [-0.05, 0) is 12.1 Å². The molecular formula is C12H5Cl2F6N3O2S2. The van der Waals surface area contributed by atoms with Crippen LogP contribution in [-0.2, 0) is 17.0 Å². The number of carbonyl (C=O) groups is 1. The second kappa shape index (κ2) is 7.18. The van der Waals surface area contributed by atoms with Crippen molar-refractivity contribution in [3.05, 3.63) is 33.4 Å². The molecule has 15 heteroatoms. The molecule has 0 aliphatic heterocycles. The Hall–Kier alpha value is -1.44. The zero-order valence-corrected chi connectivity index (χ0v) is 15.5. The van der Waals surface area contributed by atoms with E-state index in [0.717, 1.165) is 0 Å². The quantitative estimate of drug-likeness (QED) is 0.511. The molecule has 1 atom stereocenters. The van der Waals surface area contributed by atoms with Crippen molar-refractivity contribution in [2.75, 3.05) is 5.73 Å². The largest absolute Gasteiger partial charge is 0.476 e. The number of nitrogens with two attached hydrogens (primary N) is 1. The summed E-state index contributed by atoms with van der Waals surface area (Å²) in [5.74, 6) is -0.952. The van der Waals surface area contributed by atoms with Gasteiger partial charge in [-0.2, -0.15) is 31.4 Å². The standard InChI is InChI=1S/C12H5Cl2F6N3O2S2/c13-4-1-3(11(15,16)17)2-5(14)7(4)23-9(21)8(6(22-23)10(24)26)27(25)12(18,19)20/h1-2H,21H2,(H,24,26). The van der Waals surface area contributed by atoms with E-state index in [1.807, 2.05) is 0 Å². The zero-order chi connectivity index (χ0) is 20.9. The summed E-state index contributed by atoms with van der Waals surface area (Å²) >= 11 is 14.8. The van der Waals surface area contributed by atoms with Gasteiger partial charge in [0, 0.05) is 0 Å². The highest BCUT2D eigenvalue weighted by molar-refractivity contribution is 7.97. The minimum atomic E-state index is -5.30. The normalized spacial score (nSPS) is 13.7. The van der Waals surface area contributed by atoms with Crippen molar-refractivity contribution in [1.29, 1.82) is 0 Å². The lowest BCUT2D eigenvalue weighted by Gasteiger charge is -2.13. The first-order chi connectivity index (χ1) is 12.2. The summed E-state index contributed by atoms with van der Waals surface area (Å²) in [6.07, 6.45) is -4.81. The molecule has 1 unspecified atom stereocenters. The molecule has 0 aliphatic rings. The predicted octanol–water partition coefficient (Wildman–Crippen LogP) is 4.48. The number of nitrogens with zero attached hydrogens (tertiary/aromatic N) is 2. The highest BCUT2D eigenvalue weighted by Gasteiger charge is 2.43. The molecule has 5 nitrogen and oxygen atoms in total. The van der Waals surface area contributed by atoms with Crippen LogP contribution >= 0.6 is 35.8 Å². The van der Waals surface area contributed by atoms with Crippen LogP contribution in [-0.4, -0.2) is 24.6 Å². The summed E-state index contributed by atoms with van der Waals surface area (Å²) in [7, 11) is -3.77. The fourth-order valence-electron chi connectivity index (χ4n) is 1.96. The van der Waals surface area contributed by atoms with Gasteiger partial charge >= 0.3 is 11.7 Å². The molecule has 2 N–H and O–H groups in total. The number of halogens is 8. The van der Waals surface area contributed by atoms with Crippen LogP contribution in [0.5, 0.6) is 0 Å².